The molecule has 3 aliphatic heterocycles. The molecule has 0 unspecified atom stereocenters. The van der Waals surface area contributed by atoms with Crippen LogP contribution in [-0.2, 0) is 15.0 Å². The van der Waals surface area contributed by atoms with Crippen molar-refractivity contribution < 1.29 is 23.9 Å². The first-order valence-corrected chi connectivity index (χ1v) is 14.3. The van der Waals surface area contributed by atoms with E-state index in [1.807, 2.05) is 65.7 Å². The molecule has 0 aromatic heterocycles. The maximum Gasteiger partial charge on any atom is 0.308 e. The Kier molecular flexibility index (Phi) is 6.29. The summed E-state index contributed by atoms with van der Waals surface area (Å²) in [5, 5.41) is 3.51. The van der Waals surface area contributed by atoms with E-state index in [0.717, 1.165) is 11.1 Å². The highest BCUT2D eigenvalue weighted by atomic mass is 35.5. The lowest BCUT2D eigenvalue weighted by atomic mass is 9.62. The number of anilines is 1. The summed E-state index contributed by atoms with van der Waals surface area (Å²) < 4.78 is 5.17. The predicted octanol–water partition coefficient (Wildman–Crippen LogP) is 6.25. The van der Waals surface area contributed by atoms with Crippen LogP contribution in [-0.4, -0.2) is 34.4 Å². The molecule has 7 nitrogen and oxygen atoms in total. The molecule has 4 aromatic carbocycles. The molecule has 3 heterocycles. The van der Waals surface area contributed by atoms with Gasteiger partial charge in [-0.1, -0.05) is 54.1 Å². The van der Waals surface area contributed by atoms with Gasteiger partial charge in [0.15, 0.2) is 11.6 Å². The molecule has 0 aliphatic carbocycles. The minimum Gasteiger partial charge on any atom is -0.427 e. The van der Waals surface area contributed by atoms with Gasteiger partial charge in [-0.25, -0.2) is 0 Å². The summed E-state index contributed by atoms with van der Waals surface area (Å²) in [5.74, 6) is -2.27. The Labute approximate surface area is 252 Å². The summed E-state index contributed by atoms with van der Waals surface area (Å²) in [7, 11) is 0. The zero-order valence-electron chi connectivity index (χ0n) is 23.0. The van der Waals surface area contributed by atoms with E-state index in [2.05, 4.69) is 5.32 Å². The highest BCUT2D eigenvalue weighted by molar-refractivity contribution is 6.30. The van der Waals surface area contributed by atoms with Crippen molar-refractivity contribution in [1.29, 1.82) is 0 Å². The number of rotatable bonds is 5. The average molecular weight is 589 g/mol. The summed E-state index contributed by atoms with van der Waals surface area (Å²) in [6.07, 6.45) is 3.74. The van der Waals surface area contributed by atoms with Gasteiger partial charge in [0.25, 0.3) is 0 Å². The van der Waals surface area contributed by atoms with Crippen molar-refractivity contribution in [2.24, 2.45) is 5.92 Å². The smallest absolute Gasteiger partial charge is 0.308 e. The van der Waals surface area contributed by atoms with Crippen LogP contribution >= 0.6 is 11.6 Å². The Morgan fingerprint density at radius 3 is 2.23 bits per heavy atom. The number of amides is 1. The molecule has 1 fully saturated rings. The molecule has 0 bridgehead atoms. The number of nitrogens with zero attached hydrogens (tertiary/aromatic N) is 1. The van der Waals surface area contributed by atoms with Gasteiger partial charge in [0.1, 0.15) is 17.2 Å². The van der Waals surface area contributed by atoms with E-state index < -0.39 is 29.4 Å². The van der Waals surface area contributed by atoms with E-state index in [1.165, 1.54) is 6.92 Å². The van der Waals surface area contributed by atoms with E-state index in [-0.39, 0.29) is 17.5 Å². The molecule has 43 heavy (non-hydrogen) atoms. The number of benzene rings is 4. The van der Waals surface area contributed by atoms with E-state index in [4.69, 9.17) is 16.3 Å². The molecule has 1 N–H and O–H groups in total. The van der Waals surface area contributed by atoms with Gasteiger partial charge in [-0.15, -0.1) is 0 Å². The fourth-order valence-electron chi connectivity index (χ4n) is 6.99. The van der Waals surface area contributed by atoms with E-state index in [1.54, 1.807) is 48.5 Å². The van der Waals surface area contributed by atoms with Crippen molar-refractivity contribution in [3.63, 3.8) is 0 Å². The normalized spacial score (nSPS) is 22.9. The van der Waals surface area contributed by atoms with Crippen LogP contribution in [0.4, 0.5) is 5.69 Å². The van der Waals surface area contributed by atoms with E-state index in [9.17, 15) is 19.2 Å². The van der Waals surface area contributed by atoms with Crippen LogP contribution in [0.15, 0.2) is 103 Å². The number of fused-ring (bicyclic) bond motifs is 6. The third-order valence-corrected chi connectivity index (χ3v) is 8.90. The van der Waals surface area contributed by atoms with Gasteiger partial charge in [-0.2, -0.15) is 0 Å². The minimum absolute atomic E-state index is 0.300. The van der Waals surface area contributed by atoms with Crippen LogP contribution in [0.2, 0.25) is 5.02 Å². The fourth-order valence-corrected chi connectivity index (χ4v) is 7.11. The Morgan fingerprint density at radius 2 is 1.49 bits per heavy atom. The topological polar surface area (TPSA) is 92.8 Å². The second kappa shape index (κ2) is 10.1. The first-order chi connectivity index (χ1) is 20.8. The van der Waals surface area contributed by atoms with Gasteiger partial charge >= 0.3 is 5.97 Å². The highest BCUT2D eigenvalue weighted by Crippen LogP contribution is 2.62. The Hall–Kier alpha value is -5.01. The average Bonchev–Trinajstić information content (AvgIpc) is 3.49. The summed E-state index contributed by atoms with van der Waals surface area (Å²) in [4.78, 5) is 57.2. The SMILES string of the molecule is CC(=O)Oc1ccc(C(=O)[C@@H]2[C@H](C(=O)c3ccc(Cl)cc3)[C@]3(C(=O)Nc4ccccc43)[C@H]3c4ccccc4C=CN23)cc1. The van der Waals surface area contributed by atoms with Crippen molar-refractivity contribution in [3.8, 4) is 5.75 Å². The Balaban J connectivity index is 1.48. The molecule has 1 saturated heterocycles. The van der Waals surface area contributed by atoms with Gasteiger partial charge in [0, 0.05) is 35.0 Å². The summed E-state index contributed by atoms with van der Waals surface area (Å²) in [5.41, 5.74) is 2.31. The molecule has 8 heteroatoms. The molecule has 3 aliphatic rings. The van der Waals surface area contributed by atoms with Crippen LogP contribution in [0.25, 0.3) is 6.08 Å². The zero-order valence-corrected chi connectivity index (χ0v) is 23.7. The lowest BCUT2D eigenvalue weighted by Crippen LogP contribution is -2.49. The second-order valence-electron chi connectivity index (χ2n) is 10.9. The fraction of sp³-hybridized carbons (Fsp3) is 0.143. The quantitative estimate of drug-likeness (QED) is 0.168. The van der Waals surface area contributed by atoms with Crippen molar-refractivity contribution in [1.82, 2.24) is 4.90 Å². The lowest BCUT2D eigenvalue weighted by molar-refractivity contribution is -0.131. The third-order valence-electron chi connectivity index (χ3n) is 8.65. The van der Waals surface area contributed by atoms with Gasteiger partial charge in [-0.3, -0.25) is 19.2 Å². The predicted molar refractivity (Wildman–Crippen MR) is 162 cm³/mol. The Bertz CT molecular complexity index is 1850. The molecule has 4 aromatic rings. The number of carbonyl (C=O) groups is 4. The second-order valence-corrected chi connectivity index (χ2v) is 11.4. The third kappa shape index (κ3) is 4.03. The monoisotopic (exact) mass is 588 g/mol. The van der Waals surface area contributed by atoms with Gasteiger partial charge in [-0.05, 0) is 77.4 Å². The number of hydrogen-bond acceptors (Lipinski definition) is 6. The van der Waals surface area contributed by atoms with Gasteiger partial charge in [0.05, 0.1) is 12.0 Å². The van der Waals surface area contributed by atoms with Crippen LogP contribution in [0, 0.1) is 5.92 Å². The first-order valence-electron chi connectivity index (χ1n) is 13.9. The standard InChI is InChI=1S/C35H25ClN2O5/c1-20(39)43-25-16-12-23(13-17-25)32(41)30-29(31(40)22-10-14-24(36)15-11-22)35(27-8-4-5-9-28(27)37-34(35)42)33-26-7-3-2-6-21(26)18-19-38(30)33/h2-19,29-30,33H,1H3,(H,37,42)/t29-,30+,33-,35+/m1/s1. The van der Waals surface area contributed by atoms with Crippen molar-refractivity contribution in [3.05, 3.63) is 136 Å². The van der Waals surface area contributed by atoms with Crippen LogP contribution < -0.4 is 10.1 Å². The number of ether oxygens (including phenoxy) is 1. The summed E-state index contributed by atoms with van der Waals surface area (Å²) >= 11 is 6.17. The molecule has 4 atom stereocenters. The first kappa shape index (κ1) is 26.9. The van der Waals surface area contributed by atoms with Gasteiger partial charge in [0.2, 0.25) is 5.91 Å². The van der Waals surface area contributed by atoms with E-state index >= 15 is 0 Å². The molecular formula is C35H25ClN2O5. The maximum absolute atomic E-state index is 14.8. The van der Waals surface area contributed by atoms with Crippen molar-refractivity contribution >= 4 is 46.8 Å². The Morgan fingerprint density at radius 1 is 0.837 bits per heavy atom. The van der Waals surface area contributed by atoms with Crippen LogP contribution in [0.5, 0.6) is 5.75 Å². The minimum atomic E-state index is -1.42. The number of nitrogens with one attached hydrogen (secondary N) is 1. The van der Waals surface area contributed by atoms with Crippen molar-refractivity contribution in [2.45, 2.75) is 24.4 Å². The zero-order chi connectivity index (χ0) is 29.9. The molecule has 7 rings (SSSR count). The van der Waals surface area contributed by atoms with Crippen LogP contribution in [0.1, 0.15) is 50.4 Å². The molecule has 1 amide bonds. The number of halogens is 1. The largest absolute Gasteiger partial charge is 0.427 e. The maximum atomic E-state index is 14.8. The summed E-state index contributed by atoms with van der Waals surface area (Å²) in [6, 6.07) is 26.2. The van der Waals surface area contributed by atoms with Gasteiger partial charge < -0.3 is 15.0 Å². The number of hydrogen-bond donors (Lipinski definition) is 1. The number of esters is 1. The molecule has 0 saturated carbocycles. The summed E-state index contributed by atoms with van der Waals surface area (Å²) in [6.45, 7) is 1.30. The molecule has 212 valence electrons. The van der Waals surface area contributed by atoms with Crippen molar-refractivity contribution in [2.75, 3.05) is 5.32 Å². The molecule has 1 spiro atoms. The lowest BCUT2D eigenvalue weighted by Gasteiger charge is -2.38. The number of carbonyl (C=O) groups excluding carboxylic acids is 4. The van der Waals surface area contributed by atoms with Crippen LogP contribution in [0.3, 0.4) is 0 Å². The number of ketones is 2. The number of Topliss-reactive ketones (excluding diaryl/α,β-unsaturated/α-hetero) is 2. The molecular weight excluding hydrogens is 564 g/mol. The van der Waals surface area contributed by atoms with E-state index in [0.29, 0.717) is 33.1 Å². The number of para-hydroxylation sites is 1. The molecule has 0 radical (unpaired) electrons. The highest BCUT2D eigenvalue weighted by Gasteiger charge is 2.70.